The fourth-order valence-corrected chi connectivity index (χ4v) is 11.4. The lowest BCUT2D eigenvalue weighted by atomic mass is 10.1. The van der Waals surface area contributed by atoms with Gasteiger partial charge in [0.05, 0.1) is 26.4 Å². The van der Waals surface area contributed by atoms with Crippen molar-refractivity contribution in [3.8, 4) is 0 Å². The van der Waals surface area contributed by atoms with Gasteiger partial charge < -0.3 is 33.8 Å². The third-order valence-electron chi connectivity index (χ3n) is 15.7. The molecule has 0 spiro atoms. The van der Waals surface area contributed by atoms with Crippen LogP contribution in [0.5, 0.6) is 0 Å². The minimum Gasteiger partial charge on any atom is -0.462 e. The number of phosphoric ester groups is 2. The molecule has 0 rings (SSSR count). The highest BCUT2D eigenvalue weighted by atomic mass is 31.2. The minimum atomic E-state index is -4.98. The smallest absolute Gasteiger partial charge is 0.462 e. The topological polar surface area (TPSA) is 237 Å². The predicted octanol–water partition coefficient (Wildman–Crippen LogP) is 21.8. The second kappa shape index (κ2) is 71.1. The highest BCUT2D eigenvalue weighted by molar-refractivity contribution is 7.47. The molecule has 0 saturated carbocycles. The molecule has 564 valence electrons. The van der Waals surface area contributed by atoms with Crippen LogP contribution in [0.25, 0.3) is 0 Å². The summed E-state index contributed by atoms with van der Waals surface area (Å²) in [5.41, 5.74) is 0. The van der Waals surface area contributed by atoms with Crippen LogP contribution < -0.4 is 0 Å². The van der Waals surface area contributed by atoms with Gasteiger partial charge in [0.15, 0.2) is 12.2 Å². The van der Waals surface area contributed by atoms with E-state index in [-0.39, 0.29) is 25.7 Å². The molecule has 0 fully saturated rings. The van der Waals surface area contributed by atoms with Gasteiger partial charge in [0, 0.05) is 25.7 Å². The zero-order chi connectivity index (χ0) is 71.8. The van der Waals surface area contributed by atoms with E-state index in [9.17, 15) is 43.2 Å². The molecular weight excluding hydrogens is 1280 g/mol. The van der Waals surface area contributed by atoms with Crippen LogP contribution in [0, 0.1) is 0 Å². The normalized spacial score (nSPS) is 14.6. The summed E-state index contributed by atoms with van der Waals surface area (Å²) in [4.78, 5) is 72.8. The van der Waals surface area contributed by atoms with Gasteiger partial charge in [0.25, 0.3) is 0 Å². The molecule has 0 radical (unpaired) electrons. The number of unbranched alkanes of at least 4 members (excludes halogenated alkanes) is 27. The van der Waals surface area contributed by atoms with E-state index in [1.807, 2.05) is 0 Å². The number of aliphatic hydroxyl groups excluding tert-OH is 1. The molecule has 0 aromatic rings. The number of aliphatic hydroxyl groups is 1. The molecule has 0 aromatic heterocycles. The van der Waals surface area contributed by atoms with Crippen LogP contribution in [0.2, 0.25) is 0 Å². The van der Waals surface area contributed by atoms with Crippen molar-refractivity contribution < 1.29 is 80.2 Å². The zero-order valence-electron chi connectivity index (χ0n) is 61.4. The quantitative estimate of drug-likeness (QED) is 0.0169. The first-order valence-corrected chi connectivity index (χ1v) is 41.1. The van der Waals surface area contributed by atoms with Gasteiger partial charge in [0.2, 0.25) is 0 Å². The molecule has 0 aliphatic heterocycles. The summed E-state index contributed by atoms with van der Waals surface area (Å²) in [6, 6.07) is 0. The van der Waals surface area contributed by atoms with Gasteiger partial charge in [-0.3, -0.25) is 37.3 Å². The fraction of sp³-hybridized carbons (Fsp3) is 0.722. The molecule has 0 bridgehead atoms. The van der Waals surface area contributed by atoms with Crippen molar-refractivity contribution in [2.24, 2.45) is 0 Å². The number of hydrogen-bond donors (Lipinski definition) is 3. The maximum absolute atomic E-state index is 13.1. The number of carbonyl (C=O) groups is 4. The predicted molar refractivity (Wildman–Crippen MR) is 399 cm³/mol. The molecule has 3 N–H and O–H groups in total. The second-order valence-electron chi connectivity index (χ2n) is 25.2. The SMILES string of the molecule is CC/C=C\C/C=C\C/C=C\C/C=C\CCCCCCC(=O)OCC(COP(=O)(O)OCC(O)COP(=O)(O)OCC(COC(=O)CCCCCCC/C=C\C/C=C\CCC)OC(=O)CCCCCCC/C=C\CCCCCC)OC(=O)CCCCCCC/C=C\C/C=C\CCCCC. The van der Waals surface area contributed by atoms with Crippen LogP contribution in [0.4, 0.5) is 0 Å². The van der Waals surface area contributed by atoms with Crippen LogP contribution in [0.3, 0.4) is 0 Å². The summed E-state index contributed by atoms with van der Waals surface area (Å²) in [5, 5.41) is 10.6. The molecule has 0 aromatic carbocycles. The summed E-state index contributed by atoms with van der Waals surface area (Å²) in [7, 11) is -9.96. The van der Waals surface area contributed by atoms with Crippen molar-refractivity contribution in [2.75, 3.05) is 39.6 Å². The van der Waals surface area contributed by atoms with E-state index in [1.54, 1.807) is 0 Å². The Morgan fingerprint density at radius 2 is 0.551 bits per heavy atom. The molecule has 5 unspecified atom stereocenters. The van der Waals surface area contributed by atoms with Crippen molar-refractivity contribution in [3.63, 3.8) is 0 Å². The first kappa shape index (κ1) is 93.7. The van der Waals surface area contributed by atoms with Crippen LogP contribution in [0.1, 0.15) is 310 Å². The highest BCUT2D eigenvalue weighted by Crippen LogP contribution is 2.45. The Morgan fingerprint density at radius 1 is 0.296 bits per heavy atom. The number of ether oxygens (including phenoxy) is 4. The lowest BCUT2D eigenvalue weighted by molar-refractivity contribution is -0.161. The summed E-state index contributed by atoms with van der Waals surface area (Å²) in [5.74, 6) is -2.24. The Bertz CT molecular complexity index is 2290. The average Bonchev–Trinajstić information content (AvgIpc) is 1.05. The van der Waals surface area contributed by atoms with E-state index >= 15 is 0 Å². The van der Waals surface area contributed by atoms with E-state index in [0.29, 0.717) is 25.7 Å². The fourth-order valence-electron chi connectivity index (χ4n) is 9.86. The number of rotatable bonds is 71. The van der Waals surface area contributed by atoms with Gasteiger partial charge in [-0.25, -0.2) is 9.13 Å². The van der Waals surface area contributed by atoms with Gasteiger partial charge in [-0.1, -0.05) is 246 Å². The number of hydrogen-bond acceptors (Lipinski definition) is 15. The van der Waals surface area contributed by atoms with Gasteiger partial charge in [-0.2, -0.15) is 0 Å². The van der Waals surface area contributed by atoms with Crippen molar-refractivity contribution in [1.82, 2.24) is 0 Å². The van der Waals surface area contributed by atoms with E-state index in [1.165, 1.54) is 44.9 Å². The number of carbonyl (C=O) groups excluding carboxylic acids is 4. The first-order chi connectivity index (χ1) is 47.7. The van der Waals surface area contributed by atoms with Gasteiger partial charge in [0.1, 0.15) is 19.3 Å². The van der Waals surface area contributed by atoms with E-state index in [0.717, 1.165) is 186 Å². The number of allylic oxidation sites excluding steroid dienone is 18. The first-order valence-electron chi connectivity index (χ1n) is 38.1. The van der Waals surface area contributed by atoms with Gasteiger partial charge in [-0.15, -0.1) is 0 Å². The average molecular weight is 1420 g/mol. The maximum atomic E-state index is 13.1. The summed E-state index contributed by atoms with van der Waals surface area (Å²) >= 11 is 0. The van der Waals surface area contributed by atoms with Crippen LogP contribution in [-0.4, -0.2) is 96.7 Å². The van der Waals surface area contributed by atoms with Gasteiger partial charge in [-0.05, 0) is 148 Å². The molecule has 0 aliphatic carbocycles. The molecule has 98 heavy (non-hydrogen) atoms. The second-order valence-corrected chi connectivity index (χ2v) is 28.1. The van der Waals surface area contributed by atoms with Crippen LogP contribution >= 0.6 is 15.6 Å². The Labute approximate surface area is 594 Å². The Hall–Kier alpha value is -4.28. The van der Waals surface area contributed by atoms with E-state index in [4.69, 9.17) is 37.0 Å². The Kier molecular flexibility index (Phi) is 68.0. The largest absolute Gasteiger partial charge is 0.472 e. The standard InChI is InChI=1S/C79H136O17P2/c1-5-9-13-17-21-25-29-33-35-36-38-41-44-48-52-56-60-64-77(82)90-70-75(96-79(84)66-62-58-54-50-46-42-37-34-30-26-22-18-14-10-6-2)72-94-98(87,88)92-68-73(80)67-91-97(85,86)93-71-74(95-78(83)65-61-57-53-49-45-40-32-28-24-20-16-12-8-4)69-89-76(81)63-59-55-51-47-43-39-31-27-23-19-15-11-7-3/h9,13,15,19,21-22,25-28,31-35,37-38,41,73-75,80H,5-8,10-12,14,16-18,20,23-24,29-30,36,39-40,42-72H2,1-4H3,(H,85,86)(H,87,88)/b13-9-,19-15-,25-21-,26-22-,31-27-,32-28-,35-33-,37-34-,41-38-. The molecule has 0 heterocycles. The summed E-state index contributed by atoms with van der Waals surface area (Å²) < 4.78 is 68.4. The van der Waals surface area contributed by atoms with Crippen LogP contribution in [0.15, 0.2) is 109 Å². The van der Waals surface area contributed by atoms with Crippen molar-refractivity contribution in [1.29, 1.82) is 0 Å². The minimum absolute atomic E-state index is 0.0717. The monoisotopic (exact) mass is 1420 g/mol. The summed E-state index contributed by atoms with van der Waals surface area (Å²) in [6.07, 6.45) is 75.0. The Balaban J connectivity index is 5.39. The Morgan fingerprint density at radius 3 is 0.888 bits per heavy atom. The third-order valence-corrected chi connectivity index (χ3v) is 17.6. The van der Waals surface area contributed by atoms with Crippen molar-refractivity contribution >= 4 is 39.5 Å². The van der Waals surface area contributed by atoms with Crippen LogP contribution in [-0.2, 0) is 65.4 Å². The number of esters is 4. The summed E-state index contributed by atoms with van der Waals surface area (Å²) in [6.45, 7) is 4.59. The van der Waals surface area contributed by atoms with Crippen molar-refractivity contribution in [2.45, 2.75) is 329 Å². The molecule has 19 heteroatoms. The molecular formula is C79H136O17P2. The molecule has 0 amide bonds. The lowest BCUT2D eigenvalue weighted by Gasteiger charge is -2.21. The van der Waals surface area contributed by atoms with Crippen molar-refractivity contribution in [3.05, 3.63) is 109 Å². The number of phosphoric acid groups is 2. The molecule has 0 saturated heterocycles. The maximum Gasteiger partial charge on any atom is 0.472 e. The molecule has 17 nitrogen and oxygen atoms in total. The van der Waals surface area contributed by atoms with Gasteiger partial charge >= 0.3 is 39.5 Å². The zero-order valence-corrected chi connectivity index (χ0v) is 63.2. The lowest BCUT2D eigenvalue weighted by Crippen LogP contribution is -2.30. The van der Waals surface area contributed by atoms with E-state index < -0.39 is 97.5 Å². The molecule has 5 atom stereocenters. The third kappa shape index (κ3) is 70.2. The molecule has 0 aliphatic rings. The highest BCUT2D eigenvalue weighted by Gasteiger charge is 2.30. The van der Waals surface area contributed by atoms with E-state index in [2.05, 4.69) is 137 Å².